The van der Waals surface area contributed by atoms with Crippen LogP contribution in [0.2, 0.25) is 0 Å². The monoisotopic (exact) mass is 496 g/mol. The number of rotatable bonds is 6. The summed E-state index contributed by atoms with van der Waals surface area (Å²) in [6.45, 7) is 3.07. The predicted molar refractivity (Wildman–Crippen MR) is 142 cm³/mol. The van der Waals surface area contributed by atoms with E-state index in [2.05, 4.69) is 15.4 Å². The number of H-pyrrole nitrogens is 1. The first kappa shape index (κ1) is 22.9. The highest BCUT2D eigenvalue weighted by molar-refractivity contribution is 5.95. The molecule has 2 N–H and O–H groups in total. The number of nitrogens with one attached hydrogen (secondary N) is 2. The molecule has 1 aliphatic rings. The van der Waals surface area contributed by atoms with Gasteiger partial charge in [0.15, 0.2) is 0 Å². The number of pyridine rings is 2. The third-order valence-electron chi connectivity index (χ3n) is 6.43. The zero-order valence-electron chi connectivity index (χ0n) is 20.0. The van der Waals surface area contributed by atoms with Gasteiger partial charge in [-0.1, -0.05) is 30.3 Å². The van der Waals surface area contributed by atoms with Gasteiger partial charge in [-0.25, -0.2) is 9.37 Å². The van der Waals surface area contributed by atoms with Gasteiger partial charge < -0.3 is 19.9 Å². The molecule has 3 aromatic heterocycles. The molecular weight excluding hydrogens is 471 g/mol. The maximum atomic E-state index is 15.0. The Balaban J connectivity index is 1.34. The number of nitrogens with zero attached hydrogens (tertiary/aromatic N) is 4. The van der Waals surface area contributed by atoms with Gasteiger partial charge in [-0.05, 0) is 41.3 Å². The van der Waals surface area contributed by atoms with Gasteiger partial charge in [0.2, 0.25) is 0 Å². The molecule has 186 valence electrons. The van der Waals surface area contributed by atoms with Crippen molar-refractivity contribution in [2.24, 2.45) is 0 Å². The molecule has 0 atom stereocenters. The minimum atomic E-state index is -0.344. The van der Waals surface area contributed by atoms with Crippen LogP contribution in [0.1, 0.15) is 5.56 Å². The van der Waals surface area contributed by atoms with Crippen molar-refractivity contribution in [1.29, 1.82) is 0 Å². The summed E-state index contributed by atoms with van der Waals surface area (Å²) < 4.78 is 22.3. The summed E-state index contributed by atoms with van der Waals surface area (Å²) in [5, 5.41) is 8.79. The summed E-state index contributed by atoms with van der Waals surface area (Å²) in [5.41, 5.74) is 3.37. The first-order valence-corrected chi connectivity index (χ1v) is 12.1. The van der Waals surface area contributed by atoms with Crippen LogP contribution in [0.15, 0.2) is 84.0 Å². The number of fused-ring (bicyclic) bond motifs is 1. The lowest BCUT2D eigenvalue weighted by atomic mass is 10.1. The summed E-state index contributed by atoms with van der Waals surface area (Å²) in [6.07, 6.45) is 5.29. The summed E-state index contributed by atoms with van der Waals surface area (Å²) in [5.74, 6) is 0.00661. The molecule has 0 bridgehead atoms. The Kier molecular flexibility index (Phi) is 6.11. The van der Waals surface area contributed by atoms with E-state index in [0.717, 1.165) is 16.5 Å². The van der Waals surface area contributed by atoms with E-state index in [1.54, 1.807) is 24.5 Å². The van der Waals surface area contributed by atoms with Gasteiger partial charge in [-0.15, -0.1) is 0 Å². The van der Waals surface area contributed by atoms with Crippen LogP contribution in [0, 0.1) is 5.82 Å². The van der Waals surface area contributed by atoms with Crippen molar-refractivity contribution in [3.05, 3.63) is 101 Å². The van der Waals surface area contributed by atoms with Crippen LogP contribution in [0.25, 0.3) is 22.0 Å². The van der Waals surface area contributed by atoms with Gasteiger partial charge in [0.25, 0.3) is 5.56 Å². The smallest absolute Gasteiger partial charge is 0.259 e. The Hall–Kier alpha value is -4.50. The lowest BCUT2D eigenvalue weighted by molar-refractivity contribution is 0.122. The molecule has 0 aliphatic carbocycles. The van der Waals surface area contributed by atoms with E-state index < -0.39 is 0 Å². The number of aromatic amines is 1. The van der Waals surface area contributed by atoms with E-state index in [4.69, 9.17) is 9.72 Å². The third-order valence-corrected chi connectivity index (χ3v) is 6.43. The maximum Gasteiger partial charge on any atom is 0.259 e. The Morgan fingerprint density at radius 1 is 1.05 bits per heavy atom. The number of anilines is 3. The van der Waals surface area contributed by atoms with Crippen molar-refractivity contribution in [3.8, 4) is 11.3 Å². The number of hydrogen-bond donors (Lipinski definition) is 2. The summed E-state index contributed by atoms with van der Waals surface area (Å²) in [6, 6.07) is 18.7. The number of morpholine rings is 1. The second-order valence-corrected chi connectivity index (χ2v) is 8.93. The van der Waals surface area contributed by atoms with Crippen molar-refractivity contribution in [2.75, 3.05) is 36.5 Å². The minimum Gasteiger partial charge on any atom is -0.378 e. The molecule has 0 radical (unpaired) electrons. The highest BCUT2D eigenvalue weighted by Gasteiger charge is 2.17. The van der Waals surface area contributed by atoms with Crippen LogP contribution in [-0.2, 0) is 11.3 Å². The lowest BCUT2D eigenvalue weighted by Gasteiger charge is -2.29. The Bertz CT molecular complexity index is 1610. The highest BCUT2D eigenvalue weighted by atomic mass is 19.1. The van der Waals surface area contributed by atoms with Gasteiger partial charge in [-0.3, -0.25) is 9.48 Å². The van der Waals surface area contributed by atoms with E-state index >= 15 is 4.39 Å². The molecule has 5 aromatic rings. The number of aromatic nitrogens is 4. The molecule has 0 unspecified atom stereocenters. The zero-order chi connectivity index (χ0) is 25.2. The third kappa shape index (κ3) is 4.81. The van der Waals surface area contributed by atoms with Crippen molar-refractivity contribution in [1.82, 2.24) is 19.7 Å². The normalized spacial score (nSPS) is 13.7. The van der Waals surface area contributed by atoms with Crippen molar-refractivity contribution >= 4 is 28.0 Å². The highest BCUT2D eigenvalue weighted by Crippen LogP contribution is 2.30. The van der Waals surface area contributed by atoms with E-state index in [1.807, 2.05) is 58.2 Å². The van der Waals surface area contributed by atoms with Crippen LogP contribution in [-0.4, -0.2) is 46.1 Å². The molecule has 1 saturated heterocycles. The average Bonchev–Trinajstić information content (AvgIpc) is 3.38. The quantitative estimate of drug-likeness (QED) is 0.359. The van der Waals surface area contributed by atoms with Crippen molar-refractivity contribution in [3.63, 3.8) is 0 Å². The largest absolute Gasteiger partial charge is 0.378 e. The second kappa shape index (κ2) is 9.87. The standard InChI is InChI=1S/C28H25FN6O2/c29-23-15-22(6-7-25(23)34-10-12-37-13-11-34)32-27-26-20(8-9-30-28(26)36)14-24(33-27)21-16-31-35(18-21)17-19-4-2-1-3-5-19/h1-9,14-16,18H,10-13,17H2,(H,30,36)(H,32,33). The van der Waals surface area contributed by atoms with Gasteiger partial charge >= 0.3 is 0 Å². The topological polar surface area (TPSA) is 88.1 Å². The Labute approximate surface area is 212 Å². The number of benzene rings is 2. The van der Waals surface area contributed by atoms with Crippen LogP contribution < -0.4 is 15.8 Å². The molecule has 1 fully saturated rings. The second-order valence-electron chi connectivity index (χ2n) is 8.93. The van der Waals surface area contributed by atoms with Crippen LogP contribution in [0.5, 0.6) is 0 Å². The Morgan fingerprint density at radius 3 is 2.70 bits per heavy atom. The molecule has 0 amide bonds. The van der Waals surface area contributed by atoms with E-state index in [-0.39, 0.29) is 11.4 Å². The molecule has 0 saturated carbocycles. The summed E-state index contributed by atoms with van der Waals surface area (Å²) >= 11 is 0. The van der Waals surface area contributed by atoms with Gasteiger partial charge in [0.05, 0.1) is 42.7 Å². The number of ether oxygens (including phenoxy) is 1. The number of hydrogen-bond acceptors (Lipinski definition) is 6. The fourth-order valence-electron chi connectivity index (χ4n) is 4.59. The summed E-state index contributed by atoms with van der Waals surface area (Å²) in [4.78, 5) is 22.2. The molecule has 4 heterocycles. The van der Waals surface area contributed by atoms with E-state index in [9.17, 15) is 4.79 Å². The lowest BCUT2D eigenvalue weighted by Crippen LogP contribution is -2.36. The van der Waals surface area contributed by atoms with Gasteiger partial charge in [0.1, 0.15) is 11.6 Å². The van der Waals surface area contributed by atoms with E-state index in [1.165, 1.54) is 6.07 Å². The number of halogens is 1. The predicted octanol–water partition coefficient (Wildman–Crippen LogP) is 4.55. The molecule has 37 heavy (non-hydrogen) atoms. The van der Waals surface area contributed by atoms with Gasteiger partial charge in [0, 0.05) is 36.7 Å². The fraction of sp³-hybridized carbons (Fsp3) is 0.179. The molecule has 8 nitrogen and oxygen atoms in total. The zero-order valence-corrected chi connectivity index (χ0v) is 20.0. The van der Waals surface area contributed by atoms with Crippen molar-refractivity contribution in [2.45, 2.75) is 6.54 Å². The van der Waals surface area contributed by atoms with Gasteiger partial charge in [-0.2, -0.15) is 5.10 Å². The average molecular weight is 497 g/mol. The Morgan fingerprint density at radius 2 is 1.89 bits per heavy atom. The first-order valence-electron chi connectivity index (χ1n) is 12.1. The van der Waals surface area contributed by atoms with Crippen LogP contribution >= 0.6 is 0 Å². The maximum absolute atomic E-state index is 15.0. The van der Waals surface area contributed by atoms with Crippen LogP contribution in [0.4, 0.5) is 21.6 Å². The fourth-order valence-corrected chi connectivity index (χ4v) is 4.59. The molecular formula is C28H25FN6O2. The van der Waals surface area contributed by atoms with Crippen molar-refractivity contribution < 1.29 is 9.13 Å². The van der Waals surface area contributed by atoms with E-state index in [0.29, 0.717) is 61.1 Å². The molecule has 6 rings (SSSR count). The SMILES string of the molecule is O=c1[nH]ccc2cc(-c3cnn(Cc4ccccc4)c3)nc(Nc3ccc(N4CCOCC4)c(F)c3)c12. The molecule has 1 aliphatic heterocycles. The minimum absolute atomic E-state index is 0.274. The first-order chi connectivity index (χ1) is 18.1. The molecule has 9 heteroatoms. The summed E-state index contributed by atoms with van der Waals surface area (Å²) in [7, 11) is 0. The molecule has 0 spiro atoms. The molecule has 2 aromatic carbocycles. The van der Waals surface area contributed by atoms with Crippen LogP contribution in [0.3, 0.4) is 0 Å².